The zero-order valence-electron chi connectivity index (χ0n) is 12.7. The molecular formula is C16H18ClNO3S. The highest BCUT2D eigenvalue weighted by Crippen LogP contribution is 2.35. The number of rotatable bonds is 5. The molecule has 0 aliphatic rings. The first-order chi connectivity index (χ1) is 10.5. The van der Waals surface area contributed by atoms with E-state index < -0.39 is 12.0 Å². The number of nitrogens with one attached hydrogen (secondary N) is 1. The smallest absolute Gasteiger partial charge is 0.328 e. The van der Waals surface area contributed by atoms with Gasteiger partial charge in [0.1, 0.15) is 10.9 Å². The molecule has 1 N–H and O–H groups in total. The second-order valence-electron chi connectivity index (χ2n) is 5.10. The highest BCUT2D eigenvalue weighted by Gasteiger charge is 2.28. The van der Waals surface area contributed by atoms with Crippen molar-refractivity contribution in [3.8, 4) is 0 Å². The molecule has 118 valence electrons. The van der Waals surface area contributed by atoms with Gasteiger partial charge in [0.2, 0.25) is 0 Å². The van der Waals surface area contributed by atoms with Crippen molar-refractivity contribution in [2.75, 3.05) is 7.11 Å². The number of hydrogen-bond donors (Lipinski definition) is 1. The standard InChI is InChI=1S/C16H18ClNO3S/c1-4-9(2)13(16(20)21-3)18-15(19)14-12(17)10-7-5-6-8-11(10)22-14/h5-9,13H,4H2,1-3H3,(H,18,19). The van der Waals surface area contributed by atoms with Gasteiger partial charge in [-0.1, -0.05) is 50.1 Å². The van der Waals surface area contributed by atoms with E-state index in [-0.39, 0.29) is 11.8 Å². The maximum Gasteiger partial charge on any atom is 0.328 e. The summed E-state index contributed by atoms with van der Waals surface area (Å²) >= 11 is 7.61. The van der Waals surface area contributed by atoms with Crippen LogP contribution in [0.4, 0.5) is 0 Å². The van der Waals surface area contributed by atoms with Crippen molar-refractivity contribution in [2.45, 2.75) is 26.3 Å². The van der Waals surface area contributed by atoms with Gasteiger partial charge >= 0.3 is 5.97 Å². The van der Waals surface area contributed by atoms with Crippen LogP contribution in [0.5, 0.6) is 0 Å². The zero-order valence-corrected chi connectivity index (χ0v) is 14.3. The number of hydrogen-bond acceptors (Lipinski definition) is 4. The maximum atomic E-state index is 12.5. The van der Waals surface area contributed by atoms with E-state index in [1.807, 2.05) is 38.1 Å². The summed E-state index contributed by atoms with van der Waals surface area (Å²) in [4.78, 5) is 24.8. The third-order valence-corrected chi connectivity index (χ3v) is 5.37. The molecule has 2 rings (SSSR count). The van der Waals surface area contributed by atoms with Crippen LogP contribution in [0.1, 0.15) is 29.9 Å². The molecule has 2 aromatic rings. The predicted octanol–water partition coefficient (Wildman–Crippen LogP) is 3.87. The van der Waals surface area contributed by atoms with E-state index in [9.17, 15) is 9.59 Å². The third kappa shape index (κ3) is 3.25. The number of esters is 1. The van der Waals surface area contributed by atoms with Gasteiger partial charge in [-0.2, -0.15) is 0 Å². The predicted molar refractivity (Wildman–Crippen MR) is 89.6 cm³/mol. The van der Waals surface area contributed by atoms with E-state index in [1.165, 1.54) is 18.4 Å². The Hall–Kier alpha value is -1.59. The molecule has 22 heavy (non-hydrogen) atoms. The molecule has 0 radical (unpaired) electrons. The fourth-order valence-electron chi connectivity index (χ4n) is 2.16. The van der Waals surface area contributed by atoms with Crippen LogP contribution in [-0.4, -0.2) is 25.0 Å². The second-order valence-corrected chi connectivity index (χ2v) is 6.53. The van der Waals surface area contributed by atoms with Gasteiger partial charge in [-0.3, -0.25) is 4.79 Å². The summed E-state index contributed by atoms with van der Waals surface area (Å²) in [6.07, 6.45) is 0.750. The number of thiophene rings is 1. The molecule has 1 heterocycles. The Morgan fingerprint density at radius 3 is 2.64 bits per heavy atom. The van der Waals surface area contributed by atoms with E-state index in [0.717, 1.165) is 16.5 Å². The molecule has 1 aromatic heterocycles. The van der Waals surface area contributed by atoms with Gasteiger partial charge in [0.25, 0.3) is 5.91 Å². The van der Waals surface area contributed by atoms with Crippen molar-refractivity contribution < 1.29 is 14.3 Å². The molecule has 0 spiro atoms. The summed E-state index contributed by atoms with van der Waals surface area (Å²) < 4.78 is 5.72. The molecule has 6 heteroatoms. The topological polar surface area (TPSA) is 55.4 Å². The van der Waals surface area contributed by atoms with Crippen LogP contribution in [-0.2, 0) is 9.53 Å². The number of halogens is 1. The molecule has 0 bridgehead atoms. The van der Waals surface area contributed by atoms with Crippen molar-refractivity contribution in [3.05, 3.63) is 34.2 Å². The molecule has 2 atom stereocenters. The van der Waals surface area contributed by atoms with Crippen LogP contribution in [0, 0.1) is 5.92 Å². The minimum Gasteiger partial charge on any atom is -0.467 e. The molecule has 1 aromatic carbocycles. The fraction of sp³-hybridized carbons (Fsp3) is 0.375. The van der Waals surface area contributed by atoms with E-state index in [1.54, 1.807) is 0 Å². The van der Waals surface area contributed by atoms with E-state index in [0.29, 0.717) is 9.90 Å². The van der Waals surface area contributed by atoms with Crippen molar-refractivity contribution in [3.63, 3.8) is 0 Å². The monoisotopic (exact) mass is 339 g/mol. The van der Waals surface area contributed by atoms with Crippen LogP contribution >= 0.6 is 22.9 Å². The Morgan fingerprint density at radius 1 is 1.36 bits per heavy atom. The number of amides is 1. The summed E-state index contributed by atoms with van der Waals surface area (Å²) in [5, 5.41) is 4.02. The molecule has 1 amide bonds. The molecule has 4 nitrogen and oxygen atoms in total. The lowest BCUT2D eigenvalue weighted by Gasteiger charge is -2.21. The van der Waals surface area contributed by atoms with Gasteiger partial charge < -0.3 is 10.1 Å². The van der Waals surface area contributed by atoms with Gasteiger partial charge in [0, 0.05) is 10.1 Å². The Morgan fingerprint density at radius 2 is 2.05 bits per heavy atom. The Bertz CT molecular complexity index is 698. The Labute approximate surface area is 138 Å². The van der Waals surface area contributed by atoms with Gasteiger partial charge in [0.15, 0.2) is 0 Å². The maximum absolute atomic E-state index is 12.5. The van der Waals surface area contributed by atoms with Crippen molar-refractivity contribution in [1.82, 2.24) is 5.32 Å². The fourth-order valence-corrected chi connectivity index (χ4v) is 3.58. The molecule has 0 fully saturated rings. The number of carbonyl (C=O) groups is 2. The van der Waals surface area contributed by atoms with Crippen LogP contribution in [0.15, 0.2) is 24.3 Å². The summed E-state index contributed by atoms with van der Waals surface area (Å²) in [7, 11) is 1.32. The first-order valence-electron chi connectivity index (χ1n) is 7.05. The quantitative estimate of drug-likeness (QED) is 0.841. The molecular weight excluding hydrogens is 322 g/mol. The molecule has 0 saturated carbocycles. The van der Waals surface area contributed by atoms with Gasteiger partial charge in [-0.05, 0) is 12.0 Å². The third-order valence-electron chi connectivity index (χ3n) is 3.70. The summed E-state index contributed by atoms with van der Waals surface area (Å²) in [5.41, 5.74) is 0. The van der Waals surface area contributed by atoms with Crippen molar-refractivity contribution in [2.24, 2.45) is 5.92 Å². The number of ether oxygens (including phenoxy) is 1. The van der Waals surface area contributed by atoms with Crippen LogP contribution in [0.3, 0.4) is 0 Å². The van der Waals surface area contributed by atoms with Crippen molar-refractivity contribution in [1.29, 1.82) is 0 Å². The van der Waals surface area contributed by atoms with Gasteiger partial charge in [0.05, 0.1) is 12.1 Å². The number of carbonyl (C=O) groups excluding carboxylic acids is 2. The normalized spacial score (nSPS) is 13.6. The number of fused-ring (bicyclic) bond motifs is 1. The number of methoxy groups -OCH3 is 1. The van der Waals surface area contributed by atoms with Gasteiger partial charge in [-0.25, -0.2) is 4.79 Å². The summed E-state index contributed by atoms with van der Waals surface area (Å²) in [5.74, 6) is -0.814. The highest BCUT2D eigenvalue weighted by molar-refractivity contribution is 7.21. The number of benzene rings is 1. The molecule has 0 aliphatic heterocycles. The molecule has 0 aliphatic carbocycles. The van der Waals surface area contributed by atoms with Crippen LogP contribution < -0.4 is 5.32 Å². The zero-order chi connectivity index (χ0) is 16.3. The minimum absolute atomic E-state index is 0.0236. The highest BCUT2D eigenvalue weighted by atomic mass is 35.5. The largest absolute Gasteiger partial charge is 0.467 e. The summed E-state index contributed by atoms with van der Waals surface area (Å²) in [6, 6.07) is 6.88. The summed E-state index contributed by atoms with van der Waals surface area (Å²) in [6.45, 7) is 3.85. The first kappa shape index (κ1) is 16.8. The Kier molecular flexibility index (Phi) is 5.42. The van der Waals surface area contributed by atoms with E-state index in [2.05, 4.69) is 5.32 Å². The van der Waals surface area contributed by atoms with E-state index in [4.69, 9.17) is 16.3 Å². The second kappa shape index (κ2) is 7.11. The lowest BCUT2D eigenvalue weighted by atomic mass is 9.99. The lowest BCUT2D eigenvalue weighted by Crippen LogP contribution is -2.45. The minimum atomic E-state index is -0.677. The lowest BCUT2D eigenvalue weighted by molar-refractivity contribution is -0.144. The van der Waals surface area contributed by atoms with Crippen LogP contribution in [0.2, 0.25) is 5.02 Å². The van der Waals surface area contributed by atoms with E-state index >= 15 is 0 Å². The van der Waals surface area contributed by atoms with Crippen LogP contribution in [0.25, 0.3) is 10.1 Å². The average Bonchev–Trinajstić information content (AvgIpc) is 2.88. The Balaban J connectivity index is 2.29. The van der Waals surface area contributed by atoms with Gasteiger partial charge in [-0.15, -0.1) is 11.3 Å². The average molecular weight is 340 g/mol. The van der Waals surface area contributed by atoms with Crippen molar-refractivity contribution >= 4 is 44.9 Å². The first-order valence-corrected chi connectivity index (χ1v) is 8.24. The molecule has 2 unspecified atom stereocenters. The SMILES string of the molecule is CCC(C)C(NC(=O)c1sc2ccccc2c1Cl)C(=O)OC. The molecule has 0 saturated heterocycles.